The quantitative estimate of drug-likeness (QED) is 0.232. The van der Waals surface area contributed by atoms with Crippen LogP contribution in [0.15, 0.2) is 77.8 Å². The van der Waals surface area contributed by atoms with Crippen molar-refractivity contribution in [3.63, 3.8) is 0 Å². The highest BCUT2D eigenvalue weighted by atomic mass is 32.1. The first kappa shape index (κ1) is 21.6. The first-order valence-electron chi connectivity index (χ1n) is 10.3. The number of fused-ring (bicyclic) bond motifs is 1. The van der Waals surface area contributed by atoms with Gasteiger partial charge >= 0.3 is 5.97 Å². The lowest BCUT2D eigenvalue weighted by Gasteiger charge is -2.11. The summed E-state index contributed by atoms with van der Waals surface area (Å²) in [6.07, 6.45) is 1.72. The van der Waals surface area contributed by atoms with Crippen molar-refractivity contribution in [2.75, 3.05) is 13.7 Å². The Bertz CT molecular complexity index is 1250. The Hall–Kier alpha value is -3.64. The molecule has 0 atom stereocenters. The Kier molecular flexibility index (Phi) is 6.82. The number of carbonyl (C=O) groups is 1. The first-order valence-corrected chi connectivity index (χ1v) is 11.1. The van der Waals surface area contributed by atoms with Gasteiger partial charge in [-0.3, -0.25) is 0 Å². The van der Waals surface area contributed by atoms with E-state index in [2.05, 4.69) is 4.99 Å². The minimum absolute atomic E-state index is 0.313. The van der Waals surface area contributed by atoms with E-state index in [9.17, 15) is 4.79 Å². The summed E-state index contributed by atoms with van der Waals surface area (Å²) in [6, 6.07) is 23.3. The molecule has 162 valence electrons. The number of benzene rings is 3. The highest BCUT2D eigenvalue weighted by molar-refractivity contribution is 7.23. The molecule has 0 spiro atoms. The van der Waals surface area contributed by atoms with Gasteiger partial charge in [-0.15, -0.1) is 11.3 Å². The van der Waals surface area contributed by atoms with Crippen LogP contribution in [0.2, 0.25) is 0 Å². The van der Waals surface area contributed by atoms with Crippen LogP contribution in [0, 0.1) is 0 Å². The second-order valence-electron chi connectivity index (χ2n) is 6.94. The second-order valence-corrected chi connectivity index (χ2v) is 7.97. The van der Waals surface area contributed by atoms with Gasteiger partial charge in [-0.2, -0.15) is 0 Å². The Labute approximate surface area is 190 Å². The number of nitrogens with zero attached hydrogens (tertiary/aromatic N) is 1. The molecule has 0 saturated carbocycles. The van der Waals surface area contributed by atoms with Gasteiger partial charge < -0.3 is 14.2 Å². The minimum atomic E-state index is -0.362. The van der Waals surface area contributed by atoms with Crippen molar-refractivity contribution in [3.8, 4) is 11.5 Å². The van der Waals surface area contributed by atoms with Crippen molar-refractivity contribution in [2.24, 2.45) is 4.99 Å². The maximum atomic E-state index is 12.6. The van der Waals surface area contributed by atoms with Gasteiger partial charge in [-0.1, -0.05) is 48.5 Å². The topological polar surface area (TPSA) is 57.1 Å². The predicted molar refractivity (Wildman–Crippen MR) is 129 cm³/mol. The van der Waals surface area contributed by atoms with E-state index in [1.165, 1.54) is 11.3 Å². The van der Waals surface area contributed by atoms with E-state index in [0.717, 1.165) is 21.2 Å². The monoisotopic (exact) mass is 445 g/mol. The third-order valence-electron chi connectivity index (χ3n) is 4.81. The zero-order valence-electron chi connectivity index (χ0n) is 17.9. The lowest BCUT2D eigenvalue weighted by Crippen LogP contribution is -2.03. The Morgan fingerprint density at radius 3 is 2.56 bits per heavy atom. The summed E-state index contributed by atoms with van der Waals surface area (Å²) in [7, 11) is 1.61. The van der Waals surface area contributed by atoms with Crippen molar-refractivity contribution < 1.29 is 19.0 Å². The molecule has 0 fully saturated rings. The molecule has 0 amide bonds. The Balaban J connectivity index is 1.59. The summed E-state index contributed by atoms with van der Waals surface area (Å²) in [5.74, 6) is 0.911. The fourth-order valence-electron chi connectivity index (χ4n) is 3.28. The van der Waals surface area contributed by atoms with Crippen LogP contribution in [-0.2, 0) is 11.3 Å². The number of rotatable bonds is 8. The third kappa shape index (κ3) is 4.81. The van der Waals surface area contributed by atoms with Crippen LogP contribution in [0.4, 0.5) is 5.00 Å². The molecule has 0 saturated heterocycles. The van der Waals surface area contributed by atoms with Gasteiger partial charge in [0.2, 0.25) is 0 Å². The van der Waals surface area contributed by atoms with Crippen LogP contribution in [0.3, 0.4) is 0 Å². The molecule has 5 nitrogen and oxygen atoms in total. The van der Waals surface area contributed by atoms with Crippen molar-refractivity contribution in [1.29, 1.82) is 0 Å². The van der Waals surface area contributed by atoms with Crippen LogP contribution in [-0.4, -0.2) is 25.9 Å². The predicted octanol–water partition coefficient (Wildman–Crippen LogP) is 6.42. The number of esters is 1. The molecule has 0 aliphatic rings. The fraction of sp³-hybridized carbons (Fsp3) is 0.154. The van der Waals surface area contributed by atoms with E-state index >= 15 is 0 Å². The van der Waals surface area contributed by atoms with Gasteiger partial charge in [0.15, 0.2) is 11.5 Å². The van der Waals surface area contributed by atoms with Gasteiger partial charge in [0.1, 0.15) is 17.2 Å². The van der Waals surface area contributed by atoms with E-state index in [1.54, 1.807) is 20.2 Å². The number of hydrogen-bond donors (Lipinski definition) is 0. The lowest BCUT2D eigenvalue weighted by molar-refractivity contribution is 0.0530. The Morgan fingerprint density at radius 2 is 1.78 bits per heavy atom. The van der Waals surface area contributed by atoms with E-state index in [4.69, 9.17) is 14.2 Å². The summed E-state index contributed by atoms with van der Waals surface area (Å²) in [6.45, 7) is 2.56. The number of methoxy groups -OCH3 is 1. The van der Waals surface area contributed by atoms with Gasteiger partial charge in [0.25, 0.3) is 0 Å². The smallest absolute Gasteiger partial charge is 0.341 e. The highest BCUT2D eigenvalue weighted by Gasteiger charge is 2.19. The van der Waals surface area contributed by atoms with Crippen LogP contribution >= 0.6 is 11.3 Å². The summed E-state index contributed by atoms with van der Waals surface area (Å²) in [4.78, 5) is 17.2. The molecule has 6 heteroatoms. The molecule has 0 radical (unpaired) electrons. The number of hydrogen-bond acceptors (Lipinski definition) is 6. The molecule has 4 aromatic rings. The largest absolute Gasteiger partial charge is 0.493 e. The molecule has 0 aliphatic heterocycles. The van der Waals surface area contributed by atoms with Crippen molar-refractivity contribution in [1.82, 2.24) is 0 Å². The molecule has 0 bridgehead atoms. The summed E-state index contributed by atoms with van der Waals surface area (Å²) in [5.41, 5.74) is 2.41. The average Bonchev–Trinajstić information content (AvgIpc) is 3.21. The molecule has 3 aromatic carbocycles. The van der Waals surface area contributed by atoms with E-state index < -0.39 is 0 Å². The summed E-state index contributed by atoms with van der Waals surface area (Å²) < 4.78 is 17.7. The molecule has 4 rings (SSSR count). The maximum absolute atomic E-state index is 12.6. The van der Waals surface area contributed by atoms with Crippen LogP contribution < -0.4 is 9.47 Å². The van der Waals surface area contributed by atoms with Gasteiger partial charge in [0, 0.05) is 16.3 Å². The number of aliphatic imine (C=N–C) groups is 1. The lowest BCUT2D eigenvalue weighted by atomic mass is 10.1. The van der Waals surface area contributed by atoms with Crippen LogP contribution in [0.5, 0.6) is 11.5 Å². The molecular weight excluding hydrogens is 422 g/mol. The molecule has 0 aliphatic carbocycles. The molecule has 32 heavy (non-hydrogen) atoms. The summed E-state index contributed by atoms with van der Waals surface area (Å²) in [5, 5.41) is 1.47. The van der Waals surface area contributed by atoms with E-state index in [1.807, 2.05) is 72.8 Å². The highest BCUT2D eigenvalue weighted by Crippen LogP contribution is 2.38. The maximum Gasteiger partial charge on any atom is 0.341 e. The second kappa shape index (κ2) is 10.1. The van der Waals surface area contributed by atoms with Crippen molar-refractivity contribution >= 4 is 38.6 Å². The van der Waals surface area contributed by atoms with Crippen LogP contribution in [0.25, 0.3) is 10.1 Å². The Morgan fingerprint density at radius 1 is 1.00 bits per heavy atom. The van der Waals surface area contributed by atoms with Gasteiger partial charge in [-0.05, 0) is 42.3 Å². The van der Waals surface area contributed by atoms with Gasteiger partial charge in [-0.25, -0.2) is 9.79 Å². The van der Waals surface area contributed by atoms with E-state index in [-0.39, 0.29) is 5.97 Å². The standard InChI is InChI=1S/C26H23NO4S/c1-3-30-26(28)24-20-11-7-8-12-23(20)32-25(24)27-16-19-13-14-21(22(15-19)29-2)31-17-18-9-5-4-6-10-18/h4-16H,3,17H2,1-2H3. The molecule has 1 aromatic heterocycles. The fourth-order valence-corrected chi connectivity index (χ4v) is 4.31. The first-order chi connectivity index (χ1) is 15.7. The molecular formula is C26H23NO4S. The van der Waals surface area contributed by atoms with Gasteiger partial charge in [0.05, 0.1) is 13.7 Å². The zero-order valence-corrected chi connectivity index (χ0v) is 18.7. The van der Waals surface area contributed by atoms with Crippen molar-refractivity contribution in [3.05, 3.63) is 89.5 Å². The minimum Gasteiger partial charge on any atom is -0.493 e. The van der Waals surface area contributed by atoms with Crippen molar-refractivity contribution in [2.45, 2.75) is 13.5 Å². The number of thiophene rings is 1. The SMILES string of the molecule is CCOC(=O)c1c(N=Cc2ccc(OCc3ccccc3)c(OC)c2)sc2ccccc12. The average molecular weight is 446 g/mol. The van der Waals surface area contributed by atoms with E-state index in [0.29, 0.717) is 35.3 Å². The zero-order chi connectivity index (χ0) is 22.3. The number of ether oxygens (including phenoxy) is 3. The molecule has 0 N–H and O–H groups in total. The molecule has 0 unspecified atom stereocenters. The molecule has 1 heterocycles. The third-order valence-corrected chi connectivity index (χ3v) is 5.89. The summed E-state index contributed by atoms with van der Waals surface area (Å²) >= 11 is 1.46. The number of carbonyl (C=O) groups excluding carboxylic acids is 1. The van der Waals surface area contributed by atoms with Crippen LogP contribution in [0.1, 0.15) is 28.4 Å². The normalized spacial score (nSPS) is 11.1.